The molecule has 6 atom stereocenters. The van der Waals surface area contributed by atoms with E-state index in [2.05, 4.69) is 62.5 Å². The van der Waals surface area contributed by atoms with Crippen LogP contribution < -0.4 is 0 Å². The number of hydrogen-bond acceptors (Lipinski definition) is 9. The molecule has 0 saturated carbocycles. The third-order valence-corrected chi connectivity index (χ3v) is 9.98. The van der Waals surface area contributed by atoms with Crippen LogP contribution in [0.2, 0.25) is 0 Å². The molecule has 0 amide bonds. The van der Waals surface area contributed by atoms with Gasteiger partial charge in [0.15, 0.2) is 6.29 Å². The van der Waals surface area contributed by atoms with Crippen molar-refractivity contribution in [2.75, 3.05) is 26.4 Å². The van der Waals surface area contributed by atoms with E-state index in [1.807, 2.05) is 6.08 Å². The van der Waals surface area contributed by atoms with Crippen LogP contribution in [0.15, 0.2) is 60.8 Å². The molecule has 9 nitrogen and oxygen atoms in total. The molecule has 0 aromatic carbocycles. The summed E-state index contributed by atoms with van der Waals surface area (Å²) >= 11 is 0. The van der Waals surface area contributed by atoms with E-state index in [0.29, 0.717) is 13.0 Å². The molecule has 1 fully saturated rings. The van der Waals surface area contributed by atoms with Crippen LogP contribution in [0.5, 0.6) is 0 Å². The number of allylic oxidation sites excluding steroid dienone is 9. The third-order valence-electron chi connectivity index (χ3n) is 9.98. The lowest BCUT2D eigenvalue weighted by Crippen LogP contribution is -2.59. The maximum atomic E-state index is 12.7. The molecule has 0 aliphatic carbocycles. The number of carbonyl (C=O) groups is 1. The van der Waals surface area contributed by atoms with Crippen molar-refractivity contribution in [2.24, 2.45) is 0 Å². The number of ether oxygens (including phenoxy) is 4. The van der Waals surface area contributed by atoms with Gasteiger partial charge in [-0.2, -0.15) is 0 Å². The average molecular weight is 791 g/mol. The second-order valence-corrected chi connectivity index (χ2v) is 15.1. The van der Waals surface area contributed by atoms with Gasteiger partial charge in [0.05, 0.1) is 26.2 Å². The minimum atomic E-state index is -1.55. The fourth-order valence-electron chi connectivity index (χ4n) is 6.51. The molecule has 0 aromatic heterocycles. The number of unbranched alkanes of at least 4 members (excludes halogenated alkanes) is 17. The van der Waals surface area contributed by atoms with Crippen LogP contribution >= 0.6 is 0 Å². The Balaban J connectivity index is 2.31. The summed E-state index contributed by atoms with van der Waals surface area (Å²) in [6, 6.07) is 0. The van der Waals surface area contributed by atoms with Crippen LogP contribution in [0, 0.1) is 0 Å². The SMILES string of the molecule is CC/C=C\C/C=C\C/C=C\C/C=C\C/C=C\CC(=O)OC(COCCCCCCCCCCCCCCCCCCCC)COC1OC(CO)C(O)C(O)C1O. The highest BCUT2D eigenvalue weighted by Crippen LogP contribution is 2.22. The first-order valence-corrected chi connectivity index (χ1v) is 22.4. The predicted molar refractivity (Wildman–Crippen MR) is 228 cm³/mol. The summed E-state index contributed by atoms with van der Waals surface area (Å²) in [4.78, 5) is 12.7. The Morgan fingerprint density at radius 3 is 1.48 bits per heavy atom. The summed E-state index contributed by atoms with van der Waals surface area (Å²) in [6.07, 6.45) is 41.3. The largest absolute Gasteiger partial charge is 0.457 e. The first-order valence-electron chi connectivity index (χ1n) is 22.4. The number of aliphatic hydroxyl groups excluding tert-OH is 4. The summed E-state index contributed by atoms with van der Waals surface area (Å²) in [5, 5.41) is 40.1. The van der Waals surface area contributed by atoms with Crippen LogP contribution in [-0.4, -0.2) is 89.6 Å². The summed E-state index contributed by atoms with van der Waals surface area (Å²) in [5.41, 5.74) is 0. The number of esters is 1. The third kappa shape index (κ3) is 29.2. The molecule has 1 aliphatic rings. The number of aliphatic hydroxyl groups is 4. The fraction of sp³-hybridized carbons (Fsp3) is 0.766. The second-order valence-electron chi connectivity index (χ2n) is 15.1. The Hall–Kier alpha value is -2.11. The van der Waals surface area contributed by atoms with Gasteiger partial charge in [0, 0.05) is 6.61 Å². The molecule has 0 spiro atoms. The first-order chi connectivity index (χ1) is 27.4. The van der Waals surface area contributed by atoms with E-state index < -0.39 is 49.4 Å². The Bertz CT molecular complexity index is 1040. The Morgan fingerprint density at radius 1 is 0.571 bits per heavy atom. The summed E-state index contributed by atoms with van der Waals surface area (Å²) < 4.78 is 22.7. The maximum Gasteiger partial charge on any atom is 0.310 e. The van der Waals surface area contributed by atoms with Gasteiger partial charge in [-0.1, -0.05) is 184 Å². The monoisotopic (exact) mass is 791 g/mol. The van der Waals surface area contributed by atoms with Crippen molar-refractivity contribution in [2.45, 2.75) is 205 Å². The van der Waals surface area contributed by atoms with E-state index in [1.54, 1.807) is 6.08 Å². The van der Waals surface area contributed by atoms with Crippen LogP contribution in [0.3, 0.4) is 0 Å². The topological polar surface area (TPSA) is 135 Å². The van der Waals surface area contributed by atoms with Gasteiger partial charge in [0.25, 0.3) is 0 Å². The quantitative estimate of drug-likeness (QED) is 0.0276. The zero-order valence-electron chi connectivity index (χ0n) is 35.4. The van der Waals surface area contributed by atoms with E-state index in [4.69, 9.17) is 18.9 Å². The van der Waals surface area contributed by atoms with E-state index in [1.165, 1.54) is 103 Å². The molecule has 1 rings (SSSR count). The molecule has 0 radical (unpaired) electrons. The number of hydrogen-bond donors (Lipinski definition) is 4. The van der Waals surface area contributed by atoms with Gasteiger partial charge in [0.2, 0.25) is 0 Å². The lowest BCUT2D eigenvalue weighted by Gasteiger charge is -2.39. The molecular formula is C47H82O9. The molecule has 56 heavy (non-hydrogen) atoms. The fourth-order valence-corrected chi connectivity index (χ4v) is 6.51. The van der Waals surface area contributed by atoms with Crippen molar-refractivity contribution in [1.29, 1.82) is 0 Å². The zero-order valence-corrected chi connectivity index (χ0v) is 35.4. The van der Waals surface area contributed by atoms with Gasteiger partial charge in [-0.05, 0) is 38.5 Å². The van der Waals surface area contributed by atoms with Crippen molar-refractivity contribution < 1.29 is 44.2 Å². The second kappa shape index (κ2) is 38.4. The van der Waals surface area contributed by atoms with E-state index in [0.717, 1.165) is 38.5 Å². The van der Waals surface area contributed by atoms with E-state index in [-0.39, 0.29) is 19.6 Å². The van der Waals surface area contributed by atoms with Crippen LogP contribution in [-0.2, 0) is 23.7 Å². The predicted octanol–water partition coefficient (Wildman–Crippen LogP) is 9.91. The van der Waals surface area contributed by atoms with Gasteiger partial charge < -0.3 is 39.4 Å². The lowest BCUT2D eigenvalue weighted by atomic mass is 9.99. The summed E-state index contributed by atoms with van der Waals surface area (Å²) in [6.45, 7) is 4.33. The molecule has 0 bridgehead atoms. The summed E-state index contributed by atoms with van der Waals surface area (Å²) in [7, 11) is 0. The van der Waals surface area contributed by atoms with Gasteiger partial charge in [-0.3, -0.25) is 4.79 Å². The van der Waals surface area contributed by atoms with Crippen molar-refractivity contribution in [3.05, 3.63) is 60.8 Å². The summed E-state index contributed by atoms with van der Waals surface area (Å²) in [5.74, 6) is -0.439. The standard InChI is InChI=1S/C47H82O9/c1-3-5-7-9-11-13-15-17-19-20-21-23-25-27-29-31-33-35-37-53-39-41(40-54-47-46(52)45(51)44(50)42(38-48)56-47)55-43(49)36-34-32-30-28-26-24-22-18-16-14-12-10-8-6-4-2/h6,8,12,14,18,22,26,28,32,34,41-42,44-48,50-52H,3-5,7,9-11,13,15-17,19-21,23-25,27,29-31,33,35-40H2,1-2H3/b8-6-,14-12-,22-18-,28-26-,34-32-. The smallest absolute Gasteiger partial charge is 0.310 e. The van der Waals surface area contributed by atoms with Crippen molar-refractivity contribution in [1.82, 2.24) is 0 Å². The van der Waals surface area contributed by atoms with Crippen molar-refractivity contribution in [3.8, 4) is 0 Å². The molecule has 1 saturated heterocycles. The van der Waals surface area contributed by atoms with Gasteiger partial charge >= 0.3 is 5.97 Å². The highest BCUT2D eigenvalue weighted by atomic mass is 16.7. The molecule has 324 valence electrons. The maximum absolute atomic E-state index is 12.7. The molecular weight excluding hydrogens is 709 g/mol. The zero-order chi connectivity index (χ0) is 40.7. The Labute approximate surface area is 341 Å². The minimum absolute atomic E-state index is 0.0866. The molecule has 6 unspecified atom stereocenters. The molecule has 0 aromatic rings. The highest BCUT2D eigenvalue weighted by molar-refractivity contribution is 5.71. The van der Waals surface area contributed by atoms with Crippen LogP contribution in [0.1, 0.15) is 168 Å². The first kappa shape index (κ1) is 51.9. The number of rotatable bonds is 37. The molecule has 1 aliphatic heterocycles. The van der Waals surface area contributed by atoms with Gasteiger partial charge in [-0.25, -0.2) is 0 Å². The van der Waals surface area contributed by atoms with Gasteiger partial charge in [0.1, 0.15) is 30.5 Å². The van der Waals surface area contributed by atoms with E-state index in [9.17, 15) is 25.2 Å². The average Bonchev–Trinajstić information content (AvgIpc) is 3.20. The van der Waals surface area contributed by atoms with Crippen molar-refractivity contribution in [3.63, 3.8) is 0 Å². The molecule has 4 N–H and O–H groups in total. The lowest BCUT2D eigenvalue weighted by molar-refractivity contribution is -0.305. The van der Waals surface area contributed by atoms with Crippen LogP contribution in [0.4, 0.5) is 0 Å². The van der Waals surface area contributed by atoms with Gasteiger partial charge in [-0.15, -0.1) is 0 Å². The number of carbonyl (C=O) groups excluding carboxylic acids is 1. The normalized spacial score (nSPS) is 21.1. The molecule has 9 heteroatoms. The Kier molecular flexibility index (Phi) is 35.6. The van der Waals surface area contributed by atoms with E-state index >= 15 is 0 Å². The highest BCUT2D eigenvalue weighted by Gasteiger charge is 2.44. The Morgan fingerprint density at radius 2 is 1.02 bits per heavy atom. The minimum Gasteiger partial charge on any atom is -0.457 e. The molecule has 1 heterocycles. The van der Waals surface area contributed by atoms with Crippen molar-refractivity contribution >= 4 is 5.97 Å². The van der Waals surface area contributed by atoms with Crippen LogP contribution in [0.25, 0.3) is 0 Å².